The van der Waals surface area contributed by atoms with Crippen LogP contribution in [0.2, 0.25) is 5.04 Å². The summed E-state index contributed by atoms with van der Waals surface area (Å²) in [6, 6.07) is 20.1. The maximum atomic E-state index is 13.1. The van der Waals surface area contributed by atoms with E-state index in [0.29, 0.717) is 18.4 Å². The van der Waals surface area contributed by atoms with Crippen LogP contribution in [0, 0.1) is 17.8 Å². The zero-order chi connectivity index (χ0) is 30.0. The number of carbonyl (C=O) groups is 1. The number of rotatable bonds is 14. The molecule has 0 bridgehead atoms. The van der Waals surface area contributed by atoms with Crippen molar-refractivity contribution >= 4 is 24.7 Å². The Bertz CT molecular complexity index is 1060. The SMILES string of the molecule is C=C(CCC(C)(C)[Si](O)(c1ccccc1)c1ccccc1)C(=O)OC1CCC(C2CCC(CCCCCC)CC2)CC1. The molecule has 0 spiro atoms. The van der Waals surface area contributed by atoms with Gasteiger partial charge < -0.3 is 9.53 Å². The summed E-state index contributed by atoms with van der Waals surface area (Å²) < 4.78 is 6.00. The first-order chi connectivity index (χ1) is 20.2. The summed E-state index contributed by atoms with van der Waals surface area (Å²) in [7, 11) is -3.11. The maximum Gasteiger partial charge on any atom is 0.333 e. The van der Waals surface area contributed by atoms with Gasteiger partial charge in [-0.25, -0.2) is 4.79 Å². The highest BCUT2D eigenvalue weighted by Gasteiger charge is 2.49. The Labute approximate surface area is 257 Å². The normalized spacial score (nSPS) is 23.3. The fourth-order valence-corrected chi connectivity index (χ4v) is 11.5. The van der Waals surface area contributed by atoms with Crippen molar-refractivity contribution in [3.63, 3.8) is 0 Å². The molecule has 2 saturated carbocycles. The Kier molecular flexibility index (Phi) is 12.1. The monoisotopic (exact) mass is 588 g/mol. The van der Waals surface area contributed by atoms with Crippen LogP contribution < -0.4 is 10.4 Å². The molecule has 2 fully saturated rings. The first kappa shape index (κ1) is 32.7. The van der Waals surface area contributed by atoms with E-state index in [1.807, 2.05) is 60.7 Å². The summed E-state index contributed by atoms with van der Waals surface area (Å²) in [6.45, 7) is 10.7. The van der Waals surface area contributed by atoms with Crippen LogP contribution in [-0.2, 0) is 9.53 Å². The van der Waals surface area contributed by atoms with E-state index in [2.05, 4.69) is 27.4 Å². The second kappa shape index (κ2) is 15.5. The topological polar surface area (TPSA) is 46.5 Å². The number of ether oxygens (including phenoxy) is 1. The number of hydrogen-bond donors (Lipinski definition) is 1. The van der Waals surface area contributed by atoms with Crippen molar-refractivity contribution in [2.75, 3.05) is 0 Å². The molecule has 1 N–H and O–H groups in total. The minimum Gasteiger partial charge on any atom is -0.459 e. The lowest BCUT2D eigenvalue weighted by atomic mass is 9.70. The summed E-state index contributed by atoms with van der Waals surface area (Å²) in [5.74, 6) is 2.40. The molecular formula is C38H56O3Si. The highest BCUT2D eigenvalue weighted by atomic mass is 28.4. The molecule has 0 amide bonds. The maximum absolute atomic E-state index is 13.1. The molecule has 3 nitrogen and oxygen atoms in total. The first-order valence-corrected chi connectivity index (χ1v) is 18.9. The van der Waals surface area contributed by atoms with Crippen molar-refractivity contribution in [3.8, 4) is 0 Å². The second-order valence-corrected chi connectivity index (χ2v) is 17.9. The van der Waals surface area contributed by atoms with Crippen LogP contribution >= 0.6 is 0 Å². The fourth-order valence-electron chi connectivity index (χ4n) is 7.77. The van der Waals surface area contributed by atoms with Gasteiger partial charge in [-0.05, 0) is 84.5 Å². The molecule has 4 rings (SSSR count). The van der Waals surface area contributed by atoms with E-state index in [0.717, 1.165) is 41.0 Å². The molecule has 0 atom stereocenters. The summed E-state index contributed by atoms with van der Waals surface area (Å²) in [5.41, 5.74) is 0.528. The summed E-state index contributed by atoms with van der Waals surface area (Å²) in [4.78, 5) is 25.5. The van der Waals surface area contributed by atoms with Crippen LogP contribution in [0.1, 0.15) is 117 Å². The lowest BCUT2D eigenvalue weighted by molar-refractivity contribution is -0.146. The van der Waals surface area contributed by atoms with E-state index in [4.69, 9.17) is 4.74 Å². The Morgan fingerprint density at radius 2 is 1.36 bits per heavy atom. The van der Waals surface area contributed by atoms with Crippen molar-refractivity contribution in [1.29, 1.82) is 0 Å². The van der Waals surface area contributed by atoms with Gasteiger partial charge in [-0.2, -0.15) is 0 Å². The second-order valence-electron chi connectivity index (χ2n) is 14.0. The predicted octanol–water partition coefficient (Wildman–Crippen LogP) is 8.73. The van der Waals surface area contributed by atoms with E-state index >= 15 is 0 Å². The molecule has 0 heterocycles. The third-order valence-corrected chi connectivity index (χ3v) is 15.3. The molecule has 0 saturated heterocycles. The van der Waals surface area contributed by atoms with Crippen molar-refractivity contribution in [3.05, 3.63) is 72.8 Å². The summed E-state index contributed by atoms with van der Waals surface area (Å²) in [6.07, 6.45) is 18.2. The standard InChI is InChI=1S/C38H56O3Si/c1-5-6-7-10-15-31-20-22-32(23-21-31)33-24-26-34(27-25-33)41-37(39)30(2)28-29-38(3,4)42(40,35-16-11-8-12-17-35)36-18-13-9-14-19-36/h8-9,11-14,16-19,31-34,40H,2,5-7,10,15,20-29H2,1,3-4H3. The number of hydrogen-bond acceptors (Lipinski definition) is 3. The molecule has 2 aromatic carbocycles. The van der Waals surface area contributed by atoms with Gasteiger partial charge >= 0.3 is 5.97 Å². The Morgan fingerprint density at radius 3 is 1.88 bits per heavy atom. The minimum absolute atomic E-state index is 0.0216. The molecule has 0 aliphatic heterocycles. The molecular weight excluding hydrogens is 533 g/mol. The van der Waals surface area contributed by atoms with E-state index in [9.17, 15) is 9.59 Å². The summed E-state index contributed by atoms with van der Waals surface area (Å²) >= 11 is 0. The smallest absolute Gasteiger partial charge is 0.333 e. The van der Waals surface area contributed by atoms with E-state index in [1.54, 1.807) is 0 Å². The van der Waals surface area contributed by atoms with Gasteiger partial charge in [0.1, 0.15) is 6.10 Å². The molecule has 4 heteroatoms. The molecule has 0 aromatic heterocycles. The zero-order valence-corrected chi connectivity index (χ0v) is 27.7. The molecule has 230 valence electrons. The van der Waals surface area contributed by atoms with Gasteiger partial charge in [0.2, 0.25) is 0 Å². The van der Waals surface area contributed by atoms with Gasteiger partial charge in [-0.3, -0.25) is 0 Å². The summed E-state index contributed by atoms with van der Waals surface area (Å²) in [5, 5.41) is 1.57. The van der Waals surface area contributed by atoms with Crippen LogP contribution in [0.4, 0.5) is 0 Å². The van der Waals surface area contributed by atoms with Crippen molar-refractivity contribution in [1.82, 2.24) is 0 Å². The van der Waals surface area contributed by atoms with Gasteiger partial charge in [0.15, 0.2) is 0 Å². The van der Waals surface area contributed by atoms with Gasteiger partial charge in [0, 0.05) is 5.57 Å². The van der Waals surface area contributed by atoms with Crippen LogP contribution in [0.5, 0.6) is 0 Å². The average molecular weight is 589 g/mol. The first-order valence-electron chi connectivity index (χ1n) is 17.0. The van der Waals surface area contributed by atoms with E-state index in [-0.39, 0.29) is 12.1 Å². The highest BCUT2D eigenvalue weighted by Crippen LogP contribution is 2.43. The third kappa shape index (κ3) is 8.26. The quantitative estimate of drug-likeness (QED) is 0.104. The number of benzene rings is 2. The molecule has 2 aliphatic carbocycles. The van der Waals surface area contributed by atoms with Crippen molar-refractivity contribution in [2.45, 2.75) is 128 Å². The molecule has 42 heavy (non-hydrogen) atoms. The van der Waals surface area contributed by atoms with Crippen LogP contribution in [-0.4, -0.2) is 25.2 Å². The van der Waals surface area contributed by atoms with Crippen molar-refractivity contribution in [2.24, 2.45) is 17.8 Å². The Morgan fingerprint density at radius 1 is 0.833 bits per heavy atom. The molecule has 0 radical (unpaired) electrons. The lowest BCUT2D eigenvalue weighted by Crippen LogP contribution is -2.65. The Hall–Kier alpha value is -2.17. The molecule has 0 unspecified atom stereocenters. The number of carbonyl (C=O) groups excluding carboxylic acids is 1. The highest BCUT2D eigenvalue weighted by molar-refractivity contribution is 6.98. The lowest BCUT2D eigenvalue weighted by Gasteiger charge is -2.41. The number of unbranched alkanes of at least 4 members (excludes halogenated alkanes) is 3. The van der Waals surface area contributed by atoms with Gasteiger partial charge in [-0.1, -0.05) is 133 Å². The zero-order valence-electron chi connectivity index (χ0n) is 26.7. The largest absolute Gasteiger partial charge is 0.459 e. The average Bonchev–Trinajstić information content (AvgIpc) is 3.03. The number of esters is 1. The van der Waals surface area contributed by atoms with Crippen LogP contribution in [0.15, 0.2) is 72.8 Å². The molecule has 2 aliphatic rings. The van der Waals surface area contributed by atoms with E-state index in [1.165, 1.54) is 70.6 Å². The van der Waals surface area contributed by atoms with Gasteiger partial charge in [0.25, 0.3) is 8.32 Å². The van der Waals surface area contributed by atoms with Gasteiger partial charge in [-0.15, -0.1) is 0 Å². The molecule has 2 aromatic rings. The van der Waals surface area contributed by atoms with Crippen LogP contribution in [0.3, 0.4) is 0 Å². The minimum atomic E-state index is -3.11. The predicted molar refractivity (Wildman–Crippen MR) is 179 cm³/mol. The van der Waals surface area contributed by atoms with E-state index < -0.39 is 13.4 Å². The van der Waals surface area contributed by atoms with Crippen LogP contribution in [0.25, 0.3) is 0 Å². The van der Waals surface area contributed by atoms with Crippen molar-refractivity contribution < 1.29 is 14.3 Å². The third-order valence-electron chi connectivity index (χ3n) is 10.7. The van der Waals surface area contributed by atoms with Gasteiger partial charge in [0.05, 0.1) is 0 Å². The fraction of sp³-hybridized carbons (Fsp3) is 0.605. The Balaban J connectivity index is 1.23.